The summed E-state index contributed by atoms with van der Waals surface area (Å²) in [7, 11) is 0. The van der Waals surface area contributed by atoms with Crippen LogP contribution in [0.1, 0.15) is 64.2 Å². The summed E-state index contributed by atoms with van der Waals surface area (Å²) >= 11 is 0. The molecule has 0 saturated carbocycles. The predicted octanol–water partition coefficient (Wildman–Crippen LogP) is 4.74. The van der Waals surface area contributed by atoms with Gasteiger partial charge in [-0.15, -0.1) is 0 Å². The van der Waals surface area contributed by atoms with E-state index in [0.717, 1.165) is 6.61 Å². The summed E-state index contributed by atoms with van der Waals surface area (Å²) in [6.45, 7) is 0.913. The molecule has 0 spiro atoms. The van der Waals surface area contributed by atoms with Gasteiger partial charge in [0.2, 0.25) is 0 Å². The smallest absolute Gasteiger partial charge is 0.0873 e. The summed E-state index contributed by atoms with van der Waals surface area (Å²) < 4.78 is 5.61. The van der Waals surface area contributed by atoms with Gasteiger partial charge < -0.3 is 4.74 Å². The zero-order valence-corrected chi connectivity index (χ0v) is 10.3. The van der Waals surface area contributed by atoms with Crippen molar-refractivity contribution in [3.05, 3.63) is 23.5 Å². The van der Waals surface area contributed by atoms with E-state index in [9.17, 15) is 0 Å². The summed E-state index contributed by atoms with van der Waals surface area (Å²) in [6.07, 6.45) is 17.7. The molecule has 2 rings (SSSR count). The van der Waals surface area contributed by atoms with E-state index < -0.39 is 0 Å². The Kier molecular flexibility index (Phi) is 4.98. The third kappa shape index (κ3) is 3.70. The van der Waals surface area contributed by atoms with E-state index in [1.54, 1.807) is 5.57 Å². The molecule has 0 saturated heterocycles. The topological polar surface area (TPSA) is 9.23 Å². The lowest BCUT2D eigenvalue weighted by molar-refractivity contribution is 0.232. The highest BCUT2D eigenvalue weighted by Crippen LogP contribution is 2.27. The van der Waals surface area contributed by atoms with Crippen molar-refractivity contribution in [2.75, 3.05) is 6.61 Å². The Balaban J connectivity index is 2.01. The van der Waals surface area contributed by atoms with E-state index in [4.69, 9.17) is 4.74 Å². The van der Waals surface area contributed by atoms with Gasteiger partial charge >= 0.3 is 0 Å². The second kappa shape index (κ2) is 6.78. The van der Waals surface area contributed by atoms with Crippen molar-refractivity contribution in [1.29, 1.82) is 0 Å². The lowest BCUT2D eigenvalue weighted by Crippen LogP contribution is -2.00. The van der Waals surface area contributed by atoms with E-state index in [2.05, 4.69) is 6.08 Å². The van der Waals surface area contributed by atoms with Gasteiger partial charge in [0.25, 0.3) is 0 Å². The van der Waals surface area contributed by atoms with Crippen LogP contribution in [0.2, 0.25) is 0 Å². The molecule has 1 nitrogen and oxygen atoms in total. The molecule has 1 aliphatic heterocycles. The molecule has 0 atom stereocenters. The maximum atomic E-state index is 5.61. The summed E-state index contributed by atoms with van der Waals surface area (Å²) in [5.74, 6) is 0. The van der Waals surface area contributed by atoms with Gasteiger partial charge in [-0.3, -0.25) is 0 Å². The summed E-state index contributed by atoms with van der Waals surface area (Å²) in [6, 6.07) is 0. The van der Waals surface area contributed by atoms with Crippen molar-refractivity contribution >= 4 is 0 Å². The largest absolute Gasteiger partial charge is 0.501 e. The Labute approximate surface area is 99.6 Å². The number of allylic oxidation sites excluding steroid dienone is 3. The minimum atomic E-state index is 0.913. The van der Waals surface area contributed by atoms with E-state index >= 15 is 0 Å². The number of hydrogen-bond acceptors (Lipinski definition) is 1. The van der Waals surface area contributed by atoms with Gasteiger partial charge in [0.1, 0.15) is 0 Å². The van der Waals surface area contributed by atoms with Crippen LogP contribution < -0.4 is 0 Å². The highest BCUT2D eigenvalue weighted by Gasteiger charge is 2.09. The van der Waals surface area contributed by atoms with Crippen LogP contribution in [-0.4, -0.2) is 6.61 Å². The maximum absolute atomic E-state index is 5.61. The number of rotatable bonds is 1. The van der Waals surface area contributed by atoms with Gasteiger partial charge in [0, 0.05) is 0 Å². The van der Waals surface area contributed by atoms with Gasteiger partial charge in [0.05, 0.1) is 12.9 Å². The van der Waals surface area contributed by atoms with Crippen LogP contribution in [0.25, 0.3) is 0 Å². The molecule has 0 fully saturated rings. The van der Waals surface area contributed by atoms with Crippen LogP contribution in [0.4, 0.5) is 0 Å². The van der Waals surface area contributed by atoms with E-state index in [1.165, 1.54) is 69.8 Å². The van der Waals surface area contributed by atoms with Crippen molar-refractivity contribution in [1.82, 2.24) is 0 Å². The Morgan fingerprint density at radius 3 is 2.44 bits per heavy atom. The van der Waals surface area contributed by atoms with Crippen molar-refractivity contribution in [3.63, 3.8) is 0 Å². The summed E-state index contributed by atoms with van der Waals surface area (Å²) in [5.41, 5.74) is 3.07. The normalized spacial score (nSPS) is 30.5. The van der Waals surface area contributed by atoms with Gasteiger partial charge in [0.15, 0.2) is 0 Å². The van der Waals surface area contributed by atoms with Crippen molar-refractivity contribution in [2.24, 2.45) is 0 Å². The first-order valence-corrected chi connectivity index (χ1v) is 6.97. The quantitative estimate of drug-likeness (QED) is 0.620. The molecule has 0 bridgehead atoms. The monoisotopic (exact) mass is 220 g/mol. The minimum absolute atomic E-state index is 0.913. The molecule has 0 aromatic heterocycles. The third-order valence-electron chi connectivity index (χ3n) is 3.64. The highest BCUT2D eigenvalue weighted by atomic mass is 16.5. The SMILES string of the molecule is C1=C(\C2=C\CCCCCC2)CCCCCO/1. The average Bonchev–Trinajstić information content (AvgIpc) is 2.18. The van der Waals surface area contributed by atoms with E-state index in [1.807, 2.05) is 6.26 Å². The molecule has 16 heavy (non-hydrogen) atoms. The van der Waals surface area contributed by atoms with Crippen molar-refractivity contribution < 1.29 is 4.74 Å². The molecule has 0 N–H and O–H groups in total. The van der Waals surface area contributed by atoms with E-state index in [0.29, 0.717) is 0 Å². The molecule has 2 aliphatic rings. The minimum Gasteiger partial charge on any atom is -0.501 e. The van der Waals surface area contributed by atoms with Crippen LogP contribution in [-0.2, 0) is 4.74 Å². The third-order valence-corrected chi connectivity index (χ3v) is 3.64. The molecule has 0 radical (unpaired) electrons. The zero-order chi connectivity index (χ0) is 11.1. The Morgan fingerprint density at radius 2 is 1.50 bits per heavy atom. The molecule has 0 unspecified atom stereocenters. The fourth-order valence-electron chi connectivity index (χ4n) is 2.62. The molecule has 0 aromatic carbocycles. The van der Waals surface area contributed by atoms with Gasteiger partial charge in [-0.05, 0) is 62.5 Å². The molecule has 1 heteroatoms. The molecule has 0 aromatic rings. The molecular weight excluding hydrogens is 196 g/mol. The summed E-state index contributed by atoms with van der Waals surface area (Å²) in [5, 5.41) is 0. The first kappa shape index (κ1) is 11.8. The number of ether oxygens (including phenoxy) is 1. The lowest BCUT2D eigenvalue weighted by atomic mass is 9.92. The Bertz CT molecular complexity index is 235. The zero-order valence-electron chi connectivity index (χ0n) is 10.3. The van der Waals surface area contributed by atoms with Gasteiger partial charge in [-0.25, -0.2) is 0 Å². The highest BCUT2D eigenvalue weighted by molar-refractivity contribution is 5.30. The number of hydrogen-bond donors (Lipinski definition) is 0. The Hall–Kier alpha value is -0.720. The lowest BCUT2D eigenvalue weighted by Gasteiger charge is -2.17. The second-order valence-corrected chi connectivity index (χ2v) is 5.01. The first-order chi connectivity index (χ1) is 7.97. The fraction of sp³-hybridized carbons (Fsp3) is 0.733. The van der Waals surface area contributed by atoms with E-state index in [-0.39, 0.29) is 0 Å². The van der Waals surface area contributed by atoms with Gasteiger partial charge in [-0.2, -0.15) is 0 Å². The van der Waals surface area contributed by atoms with Crippen molar-refractivity contribution in [3.8, 4) is 0 Å². The standard InChI is InChI=1S/C15H24O/c1-2-5-9-14(10-6-3-1)15-11-7-4-8-12-16-13-15/h9,13H,1-8,10-12H2/b14-9+,15-13-. The average molecular weight is 220 g/mol. The van der Waals surface area contributed by atoms with Crippen molar-refractivity contribution in [2.45, 2.75) is 64.2 Å². The molecule has 1 aliphatic carbocycles. The summed E-state index contributed by atoms with van der Waals surface area (Å²) in [4.78, 5) is 0. The molecule has 90 valence electrons. The first-order valence-electron chi connectivity index (χ1n) is 6.97. The van der Waals surface area contributed by atoms with Crippen LogP contribution in [0.5, 0.6) is 0 Å². The van der Waals surface area contributed by atoms with Crippen LogP contribution in [0, 0.1) is 0 Å². The van der Waals surface area contributed by atoms with Gasteiger partial charge in [-0.1, -0.05) is 18.9 Å². The van der Waals surface area contributed by atoms with Crippen LogP contribution in [0.15, 0.2) is 23.5 Å². The van der Waals surface area contributed by atoms with Crippen LogP contribution in [0.3, 0.4) is 0 Å². The second-order valence-electron chi connectivity index (χ2n) is 5.01. The molecule has 1 heterocycles. The Morgan fingerprint density at radius 1 is 0.750 bits per heavy atom. The maximum Gasteiger partial charge on any atom is 0.0873 e. The fourth-order valence-corrected chi connectivity index (χ4v) is 2.62. The molecule has 0 amide bonds. The molecular formula is C15H24O. The predicted molar refractivity (Wildman–Crippen MR) is 68.3 cm³/mol. The van der Waals surface area contributed by atoms with Crippen LogP contribution >= 0.6 is 0 Å².